The minimum Gasteiger partial charge on any atom is -0.381 e. The van der Waals surface area contributed by atoms with Crippen molar-refractivity contribution in [2.45, 2.75) is 18.4 Å². The number of likely N-dealkylation sites (tertiary alicyclic amines) is 1. The van der Waals surface area contributed by atoms with Gasteiger partial charge in [0.25, 0.3) is 5.91 Å². The van der Waals surface area contributed by atoms with Gasteiger partial charge in [0.05, 0.1) is 18.1 Å². The highest BCUT2D eigenvalue weighted by molar-refractivity contribution is 5.98. The van der Waals surface area contributed by atoms with Gasteiger partial charge in [0, 0.05) is 45.9 Å². The lowest BCUT2D eigenvalue weighted by molar-refractivity contribution is -0.134. The van der Waals surface area contributed by atoms with Gasteiger partial charge < -0.3 is 15.0 Å². The lowest BCUT2D eigenvalue weighted by Gasteiger charge is -2.40. The highest BCUT2D eigenvalue weighted by Crippen LogP contribution is 2.37. The van der Waals surface area contributed by atoms with Crippen LogP contribution < -0.4 is 5.32 Å². The van der Waals surface area contributed by atoms with E-state index in [1.165, 1.54) is 0 Å². The first-order valence-corrected chi connectivity index (χ1v) is 9.40. The van der Waals surface area contributed by atoms with Crippen molar-refractivity contribution in [2.24, 2.45) is 11.8 Å². The molecule has 0 bridgehead atoms. The van der Waals surface area contributed by atoms with Crippen LogP contribution in [0.4, 0.5) is 0 Å². The zero-order chi connectivity index (χ0) is 18.3. The van der Waals surface area contributed by atoms with E-state index in [-0.39, 0.29) is 17.7 Å². The van der Waals surface area contributed by atoms with Crippen LogP contribution in [0.5, 0.6) is 0 Å². The second-order valence-corrected chi connectivity index (χ2v) is 8.15. The van der Waals surface area contributed by atoms with Crippen LogP contribution in [-0.2, 0) is 16.0 Å². The zero-order valence-corrected chi connectivity index (χ0v) is 15.5. The molecule has 1 aromatic carbocycles. The van der Waals surface area contributed by atoms with Gasteiger partial charge in [-0.1, -0.05) is 18.2 Å². The molecule has 3 atom stereocenters. The fourth-order valence-corrected chi connectivity index (χ4v) is 4.74. The van der Waals surface area contributed by atoms with Crippen molar-refractivity contribution in [1.82, 2.24) is 15.1 Å². The van der Waals surface area contributed by atoms with E-state index in [1.54, 1.807) is 19.0 Å². The Balaban J connectivity index is 1.63. The van der Waals surface area contributed by atoms with E-state index >= 15 is 0 Å². The molecular formula is C20H27N3O3. The fourth-order valence-electron chi connectivity index (χ4n) is 4.74. The Morgan fingerprint density at radius 3 is 2.92 bits per heavy atom. The number of benzene rings is 1. The Morgan fingerprint density at radius 2 is 2.19 bits per heavy atom. The molecule has 4 rings (SSSR count). The molecule has 3 aliphatic heterocycles. The van der Waals surface area contributed by atoms with Crippen LogP contribution in [0, 0.1) is 11.8 Å². The molecular weight excluding hydrogens is 330 g/mol. The van der Waals surface area contributed by atoms with Crippen LogP contribution >= 0.6 is 0 Å². The molecule has 1 spiro atoms. The van der Waals surface area contributed by atoms with Crippen LogP contribution in [0.1, 0.15) is 22.3 Å². The second kappa shape index (κ2) is 6.67. The van der Waals surface area contributed by atoms with Gasteiger partial charge in [0.1, 0.15) is 0 Å². The topological polar surface area (TPSA) is 61.9 Å². The molecule has 0 aliphatic carbocycles. The van der Waals surface area contributed by atoms with Gasteiger partial charge in [-0.25, -0.2) is 0 Å². The number of amides is 2. The van der Waals surface area contributed by atoms with Gasteiger partial charge in [-0.15, -0.1) is 0 Å². The van der Waals surface area contributed by atoms with Crippen LogP contribution in [-0.4, -0.2) is 74.1 Å². The first-order chi connectivity index (χ1) is 12.5. The van der Waals surface area contributed by atoms with E-state index in [0.29, 0.717) is 25.4 Å². The molecule has 1 aromatic rings. The Kier molecular flexibility index (Phi) is 4.49. The maximum atomic E-state index is 12.9. The van der Waals surface area contributed by atoms with E-state index in [9.17, 15) is 9.59 Å². The maximum Gasteiger partial charge on any atom is 0.252 e. The van der Waals surface area contributed by atoms with E-state index in [1.807, 2.05) is 24.3 Å². The Labute approximate surface area is 154 Å². The van der Waals surface area contributed by atoms with Crippen LogP contribution in [0.3, 0.4) is 0 Å². The summed E-state index contributed by atoms with van der Waals surface area (Å²) in [6.07, 6.45) is 1.78. The predicted molar refractivity (Wildman–Crippen MR) is 97.9 cm³/mol. The van der Waals surface area contributed by atoms with Gasteiger partial charge in [0.2, 0.25) is 5.91 Å². The van der Waals surface area contributed by atoms with Crippen molar-refractivity contribution >= 4 is 11.8 Å². The predicted octanol–water partition coefficient (Wildman–Crippen LogP) is 0.768. The summed E-state index contributed by atoms with van der Waals surface area (Å²) in [5.74, 6) is 0.327. The molecule has 2 fully saturated rings. The summed E-state index contributed by atoms with van der Waals surface area (Å²) in [6.45, 7) is 3.96. The molecule has 26 heavy (non-hydrogen) atoms. The van der Waals surface area contributed by atoms with Gasteiger partial charge in [-0.3, -0.25) is 14.5 Å². The van der Waals surface area contributed by atoms with E-state index in [2.05, 4.69) is 10.2 Å². The first-order valence-electron chi connectivity index (χ1n) is 9.40. The van der Waals surface area contributed by atoms with Gasteiger partial charge in [-0.05, 0) is 30.4 Å². The summed E-state index contributed by atoms with van der Waals surface area (Å²) in [7, 11) is 3.59. The third-order valence-electron chi connectivity index (χ3n) is 6.02. The maximum absolute atomic E-state index is 12.9. The molecule has 2 amide bonds. The number of carbonyl (C=O) groups is 2. The Morgan fingerprint density at radius 1 is 1.38 bits per heavy atom. The summed E-state index contributed by atoms with van der Waals surface area (Å²) < 4.78 is 5.51. The summed E-state index contributed by atoms with van der Waals surface area (Å²) in [5, 5.41) is 3.23. The van der Waals surface area contributed by atoms with Crippen molar-refractivity contribution in [3.63, 3.8) is 0 Å². The Bertz CT molecular complexity index is 714. The average Bonchev–Trinajstić information content (AvgIpc) is 3.22. The number of hydrogen-bond acceptors (Lipinski definition) is 4. The van der Waals surface area contributed by atoms with Crippen molar-refractivity contribution in [3.8, 4) is 0 Å². The van der Waals surface area contributed by atoms with Gasteiger partial charge in [0.15, 0.2) is 0 Å². The molecule has 140 valence electrons. The van der Waals surface area contributed by atoms with Crippen LogP contribution in [0.2, 0.25) is 0 Å². The average molecular weight is 357 g/mol. The van der Waals surface area contributed by atoms with E-state index in [4.69, 9.17) is 4.74 Å². The summed E-state index contributed by atoms with van der Waals surface area (Å²) >= 11 is 0. The third kappa shape index (κ3) is 3.01. The minimum absolute atomic E-state index is 0.0607. The monoisotopic (exact) mass is 357 g/mol. The number of carbonyl (C=O) groups excluding carboxylic acids is 2. The Hall–Kier alpha value is -1.92. The summed E-state index contributed by atoms with van der Waals surface area (Å²) in [5.41, 5.74) is 1.25. The normalized spacial score (nSPS) is 31.1. The molecule has 6 heteroatoms. The number of rotatable bonds is 3. The van der Waals surface area contributed by atoms with Gasteiger partial charge >= 0.3 is 0 Å². The number of fused-ring (bicyclic) bond motifs is 1. The molecule has 0 aromatic heterocycles. The largest absolute Gasteiger partial charge is 0.381 e. The molecule has 6 nitrogen and oxygen atoms in total. The third-order valence-corrected chi connectivity index (χ3v) is 6.02. The second-order valence-electron chi connectivity index (χ2n) is 8.15. The van der Waals surface area contributed by atoms with Crippen LogP contribution in [0.25, 0.3) is 0 Å². The fraction of sp³-hybridized carbons (Fsp3) is 0.600. The van der Waals surface area contributed by atoms with Gasteiger partial charge in [-0.2, -0.15) is 0 Å². The van der Waals surface area contributed by atoms with E-state index < -0.39 is 5.54 Å². The molecule has 0 unspecified atom stereocenters. The van der Waals surface area contributed by atoms with Crippen molar-refractivity contribution in [1.29, 1.82) is 0 Å². The highest BCUT2D eigenvalue weighted by atomic mass is 16.5. The van der Waals surface area contributed by atoms with Crippen LogP contribution in [0.15, 0.2) is 24.3 Å². The zero-order valence-electron chi connectivity index (χ0n) is 15.5. The number of ether oxygens (including phenoxy) is 1. The summed E-state index contributed by atoms with van der Waals surface area (Å²) in [6, 6.07) is 7.74. The highest BCUT2D eigenvalue weighted by Gasteiger charge is 2.53. The van der Waals surface area contributed by atoms with Crippen molar-refractivity contribution in [3.05, 3.63) is 35.4 Å². The lowest BCUT2D eigenvalue weighted by Crippen LogP contribution is -2.61. The minimum atomic E-state index is -0.522. The number of nitrogens with one attached hydrogen (secondary N) is 1. The number of hydrogen-bond donors (Lipinski definition) is 1. The number of nitrogens with zero attached hydrogens (tertiary/aromatic N) is 2. The smallest absolute Gasteiger partial charge is 0.252 e. The standard InChI is InChI=1S/C20H27N3O3/c1-22(2)19(25)17-11-23(10-14-7-8-26-12-14)13-20(17)9-15-5-3-4-6-16(15)18(24)21-20/h3-6,14,17H,7-13H2,1-2H3,(H,21,24)/t14-,17+,20-/m1/s1. The first kappa shape index (κ1) is 17.5. The van der Waals surface area contributed by atoms with Crippen molar-refractivity contribution < 1.29 is 14.3 Å². The SMILES string of the molecule is CN(C)C(=O)[C@@H]1CN(C[C@H]2CCOC2)C[C@]12Cc1ccccc1C(=O)N2. The molecule has 2 saturated heterocycles. The summed E-state index contributed by atoms with van der Waals surface area (Å²) in [4.78, 5) is 29.7. The van der Waals surface area contributed by atoms with Crippen molar-refractivity contribution in [2.75, 3.05) is 46.9 Å². The molecule has 3 heterocycles. The van der Waals surface area contributed by atoms with E-state index in [0.717, 1.165) is 37.3 Å². The quantitative estimate of drug-likeness (QED) is 0.868. The molecule has 1 N–H and O–H groups in total. The molecule has 0 radical (unpaired) electrons. The molecule has 0 saturated carbocycles. The molecule has 3 aliphatic rings. The lowest BCUT2D eigenvalue weighted by atomic mass is 9.77.